The van der Waals surface area contributed by atoms with E-state index in [1.165, 1.54) is 0 Å². The Kier molecular flexibility index (Phi) is 5.02. The molecule has 0 bridgehead atoms. The lowest BCUT2D eigenvalue weighted by molar-refractivity contribution is 0.176. The zero-order valence-electron chi connectivity index (χ0n) is 10.9. The summed E-state index contributed by atoms with van der Waals surface area (Å²) in [6, 6.07) is 1.02. The molecule has 1 aromatic rings. The van der Waals surface area contributed by atoms with Gasteiger partial charge in [0.05, 0.1) is 0 Å². The average Bonchev–Trinajstić information content (AvgIpc) is 2.14. The maximum Gasteiger partial charge on any atom is 0.224 e. The quantitative estimate of drug-likeness (QED) is 0.785. The number of nitrogen functional groups attached to an aromatic ring is 1. The fourth-order valence-electron chi connectivity index (χ4n) is 1.91. The summed E-state index contributed by atoms with van der Waals surface area (Å²) in [5.74, 6) is 1.13. The van der Waals surface area contributed by atoms with Crippen LogP contribution >= 0.6 is 12.2 Å². The van der Waals surface area contributed by atoms with Gasteiger partial charge in [0.2, 0.25) is 10.7 Å². The van der Waals surface area contributed by atoms with Crippen LogP contribution in [-0.4, -0.2) is 38.5 Å². The van der Waals surface area contributed by atoms with Crippen molar-refractivity contribution in [3.8, 4) is 0 Å². The number of nitrogens with two attached hydrogens (primary N) is 1. The van der Waals surface area contributed by atoms with Gasteiger partial charge in [-0.05, 0) is 39.9 Å². The summed E-state index contributed by atoms with van der Waals surface area (Å²) < 4.78 is 0.303. The minimum atomic E-state index is 0.303. The number of anilines is 1. The van der Waals surface area contributed by atoms with Crippen LogP contribution in [0.4, 0.5) is 5.95 Å². The number of H-pyrrole nitrogens is 1. The number of hydrogen-bond acceptors (Lipinski definition) is 5. The van der Waals surface area contributed by atoms with Crippen LogP contribution in [-0.2, 0) is 6.42 Å². The van der Waals surface area contributed by atoms with E-state index in [2.05, 4.69) is 47.5 Å². The molecule has 0 amide bonds. The molecule has 0 aliphatic rings. The standard InChI is InChI=1S/C11H21N5S/c1-7(2)16(8(3)4)6-5-9-13-10(12)15-11(17)14-9/h7-8H,5-6H2,1-4H3,(H3,12,13,14,15,17). The molecule has 0 unspecified atom stereocenters. The second kappa shape index (κ2) is 6.07. The fourth-order valence-corrected chi connectivity index (χ4v) is 2.12. The molecule has 17 heavy (non-hydrogen) atoms. The van der Waals surface area contributed by atoms with Gasteiger partial charge in [0.15, 0.2) is 0 Å². The van der Waals surface area contributed by atoms with E-state index in [-0.39, 0.29) is 0 Å². The Morgan fingerprint density at radius 2 is 1.82 bits per heavy atom. The van der Waals surface area contributed by atoms with Gasteiger partial charge in [0, 0.05) is 25.0 Å². The minimum Gasteiger partial charge on any atom is -0.369 e. The van der Waals surface area contributed by atoms with Crippen molar-refractivity contribution in [1.29, 1.82) is 0 Å². The summed E-state index contributed by atoms with van der Waals surface area (Å²) in [6.07, 6.45) is 0.798. The Morgan fingerprint density at radius 3 is 2.29 bits per heavy atom. The van der Waals surface area contributed by atoms with E-state index in [0.29, 0.717) is 22.8 Å². The van der Waals surface area contributed by atoms with Crippen LogP contribution in [0.3, 0.4) is 0 Å². The molecule has 0 aromatic carbocycles. The van der Waals surface area contributed by atoms with Crippen molar-refractivity contribution >= 4 is 18.2 Å². The Hall–Kier alpha value is -1.01. The minimum absolute atomic E-state index is 0.303. The number of hydrogen-bond donors (Lipinski definition) is 2. The highest BCUT2D eigenvalue weighted by molar-refractivity contribution is 7.71. The van der Waals surface area contributed by atoms with Gasteiger partial charge in [-0.2, -0.15) is 4.98 Å². The monoisotopic (exact) mass is 255 g/mol. The topological polar surface area (TPSA) is 70.8 Å². The SMILES string of the molecule is CC(C)N(CCc1nc(=S)nc(N)[nH]1)C(C)C. The average molecular weight is 255 g/mol. The molecule has 0 radical (unpaired) electrons. The maximum absolute atomic E-state index is 5.60. The predicted octanol–water partition coefficient (Wildman–Crippen LogP) is 1.78. The summed E-state index contributed by atoms with van der Waals surface area (Å²) in [5, 5.41) is 0. The summed E-state index contributed by atoms with van der Waals surface area (Å²) in [5.41, 5.74) is 5.60. The molecule has 0 fully saturated rings. The zero-order chi connectivity index (χ0) is 13.0. The smallest absolute Gasteiger partial charge is 0.224 e. The highest BCUT2D eigenvalue weighted by atomic mass is 32.1. The molecule has 3 N–H and O–H groups in total. The molecule has 0 atom stereocenters. The zero-order valence-corrected chi connectivity index (χ0v) is 11.7. The van der Waals surface area contributed by atoms with Crippen molar-refractivity contribution in [2.75, 3.05) is 12.3 Å². The van der Waals surface area contributed by atoms with Crippen LogP contribution in [0.25, 0.3) is 0 Å². The van der Waals surface area contributed by atoms with Gasteiger partial charge in [0.25, 0.3) is 0 Å². The summed E-state index contributed by atoms with van der Waals surface area (Å²) in [4.78, 5) is 13.4. The van der Waals surface area contributed by atoms with Crippen LogP contribution < -0.4 is 5.73 Å². The van der Waals surface area contributed by atoms with E-state index >= 15 is 0 Å². The molecule has 1 aromatic heterocycles. The Balaban J connectivity index is 2.68. The van der Waals surface area contributed by atoms with Crippen LogP contribution in [0, 0.1) is 4.77 Å². The third-order valence-electron chi connectivity index (χ3n) is 2.65. The van der Waals surface area contributed by atoms with Crippen LogP contribution in [0.1, 0.15) is 33.5 Å². The molecule has 6 heteroatoms. The molecule has 0 saturated carbocycles. The van der Waals surface area contributed by atoms with E-state index in [1.54, 1.807) is 0 Å². The van der Waals surface area contributed by atoms with Crippen molar-refractivity contribution in [3.05, 3.63) is 10.6 Å². The number of nitrogens with one attached hydrogen (secondary N) is 1. The van der Waals surface area contributed by atoms with Crippen molar-refractivity contribution < 1.29 is 0 Å². The molecule has 0 saturated heterocycles. The molecule has 0 aliphatic heterocycles. The summed E-state index contributed by atoms with van der Waals surface area (Å²) in [7, 11) is 0. The van der Waals surface area contributed by atoms with E-state index in [4.69, 9.17) is 18.0 Å². The molecule has 1 rings (SSSR count). The number of aromatic amines is 1. The van der Waals surface area contributed by atoms with Gasteiger partial charge in [-0.3, -0.25) is 4.90 Å². The number of aromatic nitrogens is 3. The highest BCUT2D eigenvalue weighted by Crippen LogP contribution is 2.06. The van der Waals surface area contributed by atoms with Crippen LogP contribution in [0.5, 0.6) is 0 Å². The molecule has 96 valence electrons. The van der Waals surface area contributed by atoms with Gasteiger partial charge in [-0.15, -0.1) is 0 Å². The maximum atomic E-state index is 5.60. The second-order valence-electron chi connectivity index (χ2n) is 4.64. The van der Waals surface area contributed by atoms with E-state index in [0.717, 1.165) is 18.8 Å². The third kappa shape index (κ3) is 4.40. The summed E-state index contributed by atoms with van der Waals surface area (Å²) >= 11 is 4.93. The first-order chi connectivity index (χ1) is 7.90. The number of nitrogens with zero attached hydrogens (tertiary/aromatic N) is 3. The lowest BCUT2D eigenvalue weighted by atomic mass is 10.2. The van der Waals surface area contributed by atoms with E-state index in [9.17, 15) is 0 Å². The van der Waals surface area contributed by atoms with Gasteiger partial charge in [-0.1, -0.05) is 0 Å². The number of rotatable bonds is 5. The Morgan fingerprint density at radius 1 is 1.24 bits per heavy atom. The van der Waals surface area contributed by atoms with Crippen LogP contribution in [0.15, 0.2) is 0 Å². The van der Waals surface area contributed by atoms with Gasteiger partial charge in [0.1, 0.15) is 5.82 Å². The fraction of sp³-hybridized carbons (Fsp3) is 0.727. The normalized spacial score (nSPS) is 11.7. The molecular weight excluding hydrogens is 234 g/mol. The lowest BCUT2D eigenvalue weighted by Gasteiger charge is -2.30. The van der Waals surface area contributed by atoms with Crippen molar-refractivity contribution in [2.45, 2.75) is 46.2 Å². The Labute approximate surface area is 107 Å². The molecule has 0 spiro atoms. The Bertz CT molecular complexity index is 405. The first-order valence-electron chi connectivity index (χ1n) is 5.88. The first kappa shape index (κ1) is 14.1. The largest absolute Gasteiger partial charge is 0.369 e. The van der Waals surface area contributed by atoms with Gasteiger partial charge < -0.3 is 10.7 Å². The van der Waals surface area contributed by atoms with Gasteiger partial charge in [-0.25, -0.2) is 4.98 Å². The van der Waals surface area contributed by atoms with Crippen molar-refractivity contribution in [1.82, 2.24) is 19.9 Å². The van der Waals surface area contributed by atoms with E-state index in [1.807, 2.05) is 0 Å². The summed E-state index contributed by atoms with van der Waals surface area (Å²) in [6.45, 7) is 9.69. The third-order valence-corrected chi connectivity index (χ3v) is 2.84. The van der Waals surface area contributed by atoms with Crippen molar-refractivity contribution in [2.24, 2.45) is 0 Å². The molecule has 5 nitrogen and oxygen atoms in total. The van der Waals surface area contributed by atoms with E-state index < -0.39 is 0 Å². The van der Waals surface area contributed by atoms with Gasteiger partial charge >= 0.3 is 0 Å². The van der Waals surface area contributed by atoms with Crippen molar-refractivity contribution in [3.63, 3.8) is 0 Å². The molecule has 1 heterocycles. The molecular formula is C11H21N5S. The molecule has 0 aliphatic carbocycles. The lowest BCUT2D eigenvalue weighted by Crippen LogP contribution is -2.38. The van der Waals surface area contributed by atoms with Crippen LogP contribution in [0.2, 0.25) is 0 Å². The highest BCUT2D eigenvalue weighted by Gasteiger charge is 2.13. The predicted molar refractivity (Wildman–Crippen MR) is 72.3 cm³/mol. The second-order valence-corrected chi connectivity index (χ2v) is 5.00. The first-order valence-corrected chi connectivity index (χ1v) is 6.29.